The Labute approximate surface area is 115 Å². The molecule has 2 atom stereocenters. The van der Waals surface area contributed by atoms with Crippen molar-refractivity contribution in [1.82, 2.24) is 5.32 Å². The number of amides is 1. The molecule has 0 aliphatic heterocycles. The summed E-state index contributed by atoms with van der Waals surface area (Å²) in [5.74, 6) is -0.291. The maximum Gasteiger partial charge on any atom is 0.241 e. The average Bonchev–Trinajstić information content (AvgIpc) is 2.98. The van der Waals surface area contributed by atoms with Crippen LogP contribution in [0.3, 0.4) is 0 Å². The van der Waals surface area contributed by atoms with Crippen molar-refractivity contribution < 1.29 is 9.90 Å². The van der Waals surface area contributed by atoms with Crippen LogP contribution in [0.15, 0.2) is 47.2 Å². The van der Waals surface area contributed by atoms with Gasteiger partial charge in [-0.2, -0.15) is 11.3 Å². The molecule has 19 heavy (non-hydrogen) atoms. The van der Waals surface area contributed by atoms with Crippen molar-refractivity contribution in [3.05, 3.63) is 58.3 Å². The number of hydrogen-bond donors (Lipinski definition) is 3. The van der Waals surface area contributed by atoms with E-state index in [0.717, 1.165) is 11.1 Å². The molecule has 1 heterocycles. The van der Waals surface area contributed by atoms with Crippen molar-refractivity contribution in [3.63, 3.8) is 0 Å². The highest BCUT2D eigenvalue weighted by molar-refractivity contribution is 7.07. The van der Waals surface area contributed by atoms with Gasteiger partial charge in [-0.15, -0.1) is 0 Å². The normalized spacial score (nSPS) is 13.8. The largest absolute Gasteiger partial charge is 0.387 e. The Hall–Kier alpha value is -1.69. The first-order chi connectivity index (χ1) is 9.18. The summed E-state index contributed by atoms with van der Waals surface area (Å²) >= 11 is 1.51. The highest BCUT2D eigenvalue weighted by Crippen LogP contribution is 2.15. The van der Waals surface area contributed by atoms with Crippen molar-refractivity contribution >= 4 is 17.2 Å². The van der Waals surface area contributed by atoms with Crippen molar-refractivity contribution in [2.75, 3.05) is 6.54 Å². The molecule has 0 saturated carbocycles. The molecule has 1 aromatic heterocycles. The highest BCUT2D eigenvalue weighted by atomic mass is 32.1. The molecule has 0 aliphatic carbocycles. The zero-order chi connectivity index (χ0) is 13.7. The Balaban J connectivity index is 1.88. The Kier molecular flexibility index (Phi) is 4.68. The van der Waals surface area contributed by atoms with Crippen LogP contribution in [0.5, 0.6) is 0 Å². The smallest absolute Gasteiger partial charge is 0.241 e. The zero-order valence-corrected chi connectivity index (χ0v) is 11.1. The van der Waals surface area contributed by atoms with E-state index >= 15 is 0 Å². The Bertz CT molecular complexity index is 514. The quantitative estimate of drug-likeness (QED) is 0.776. The van der Waals surface area contributed by atoms with E-state index in [9.17, 15) is 9.90 Å². The minimum Gasteiger partial charge on any atom is -0.387 e. The lowest BCUT2D eigenvalue weighted by molar-refractivity contribution is -0.122. The minimum atomic E-state index is -0.712. The maximum atomic E-state index is 11.9. The molecule has 4 N–H and O–H groups in total. The molecule has 2 aromatic rings. The van der Waals surface area contributed by atoms with Crippen LogP contribution < -0.4 is 11.1 Å². The molecule has 4 nitrogen and oxygen atoms in total. The van der Waals surface area contributed by atoms with E-state index in [1.807, 2.05) is 35.0 Å². The van der Waals surface area contributed by atoms with E-state index in [-0.39, 0.29) is 12.5 Å². The lowest BCUT2D eigenvalue weighted by atomic mass is 10.1. The fourth-order valence-electron chi connectivity index (χ4n) is 1.70. The number of carbonyl (C=O) groups is 1. The van der Waals surface area contributed by atoms with Crippen LogP contribution in [0, 0.1) is 0 Å². The third-order valence-corrected chi connectivity index (χ3v) is 3.54. The predicted molar refractivity (Wildman–Crippen MR) is 75.7 cm³/mol. The van der Waals surface area contributed by atoms with E-state index in [1.54, 1.807) is 12.1 Å². The van der Waals surface area contributed by atoms with Crippen LogP contribution in [0.25, 0.3) is 0 Å². The number of carbonyl (C=O) groups excluding carboxylic acids is 1. The van der Waals surface area contributed by atoms with Gasteiger partial charge in [-0.1, -0.05) is 30.3 Å². The first-order valence-electron chi connectivity index (χ1n) is 5.97. The second-order valence-electron chi connectivity index (χ2n) is 4.21. The zero-order valence-electron chi connectivity index (χ0n) is 10.3. The Morgan fingerprint density at radius 2 is 2.00 bits per heavy atom. The molecule has 2 unspecified atom stereocenters. The van der Waals surface area contributed by atoms with Crippen LogP contribution in [-0.2, 0) is 4.79 Å². The van der Waals surface area contributed by atoms with Crippen LogP contribution in [-0.4, -0.2) is 17.6 Å². The molecule has 5 heteroatoms. The van der Waals surface area contributed by atoms with Gasteiger partial charge in [-0.3, -0.25) is 4.79 Å². The molecular formula is C14H16N2O2S. The molecule has 0 bridgehead atoms. The van der Waals surface area contributed by atoms with E-state index in [0.29, 0.717) is 0 Å². The number of thiophene rings is 1. The summed E-state index contributed by atoms with van der Waals surface area (Å²) in [6, 6.07) is 10.3. The first kappa shape index (κ1) is 13.7. The van der Waals surface area contributed by atoms with Gasteiger partial charge in [0.05, 0.1) is 6.10 Å². The van der Waals surface area contributed by atoms with Crippen molar-refractivity contribution in [3.8, 4) is 0 Å². The van der Waals surface area contributed by atoms with Gasteiger partial charge in [0.25, 0.3) is 0 Å². The number of nitrogens with one attached hydrogen (secondary N) is 1. The number of rotatable bonds is 5. The SMILES string of the molecule is NC(C(=O)NCC(O)c1ccsc1)c1ccccc1. The lowest BCUT2D eigenvalue weighted by Crippen LogP contribution is -2.36. The molecule has 1 aromatic carbocycles. The van der Waals surface area contributed by atoms with Gasteiger partial charge in [0.15, 0.2) is 0 Å². The molecule has 1 amide bonds. The predicted octanol–water partition coefficient (Wildman–Crippen LogP) is 1.60. The fourth-order valence-corrected chi connectivity index (χ4v) is 2.41. The first-order valence-corrected chi connectivity index (χ1v) is 6.91. The van der Waals surface area contributed by atoms with Gasteiger partial charge in [-0.05, 0) is 28.0 Å². The topological polar surface area (TPSA) is 75.4 Å². The van der Waals surface area contributed by atoms with Crippen LogP contribution in [0.2, 0.25) is 0 Å². The molecule has 0 saturated heterocycles. The maximum absolute atomic E-state index is 11.9. The third-order valence-electron chi connectivity index (χ3n) is 2.84. The fraction of sp³-hybridized carbons (Fsp3) is 0.214. The molecular weight excluding hydrogens is 260 g/mol. The van der Waals surface area contributed by atoms with Crippen molar-refractivity contribution in [1.29, 1.82) is 0 Å². The lowest BCUT2D eigenvalue weighted by Gasteiger charge is -2.15. The van der Waals surface area contributed by atoms with Gasteiger partial charge in [0.2, 0.25) is 5.91 Å². The summed E-state index contributed by atoms with van der Waals surface area (Å²) in [4.78, 5) is 11.9. The van der Waals surface area contributed by atoms with Gasteiger partial charge in [0, 0.05) is 6.54 Å². The van der Waals surface area contributed by atoms with Crippen LogP contribution in [0.4, 0.5) is 0 Å². The number of benzene rings is 1. The summed E-state index contributed by atoms with van der Waals surface area (Å²) in [6.45, 7) is 0.163. The molecule has 0 spiro atoms. The standard InChI is InChI=1S/C14H16N2O2S/c15-13(10-4-2-1-3-5-10)14(18)16-8-12(17)11-6-7-19-9-11/h1-7,9,12-13,17H,8,15H2,(H,16,18). The summed E-state index contributed by atoms with van der Waals surface area (Å²) in [5.41, 5.74) is 7.41. The summed E-state index contributed by atoms with van der Waals surface area (Å²) < 4.78 is 0. The van der Waals surface area contributed by atoms with Crippen molar-refractivity contribution in [2.24, 2.45) is 5.73 Å². The molecule has 0 aliphatic rings. The number of nitrogens with two attached hydrogens (primary N) is 1. The van der Waals surface area contributed by atoms with E-state index in [2.05, 4.69) is 5.32 Å². The number of aliphatic hydroxyl groups is 1. The monoisotopic (exact) mass is 276 g/mol. The Morgan fingerprint density at radius 1 is 1.26 bits per heavy atom. The van der Waals surface area contributed by atoms with Crippen molar-refractivity contribution in [2.45, 2.75) is 12.1 Å². The Morgan fingerprint density at radius 3 is 2.63 bits per heavy atom. The second-order valence-corrected chi connectivity index (χ2v) is 4.99. The molecule has 0 fully saturated rings. The second kappa shape index (κ2) is 6.47. The van der Waals surface area contributed by atoms with Crippen LogP contribution in [0.1, 0.15) is 23.3 Å². The molecule has 100 valence electrons. The molecule has 0 radical (unpaired) electrons. The molecule has 2 rings (SSSR count). The van der Waals surface area contributed by atoms with E-state index < -0.39 is 12.1 Å². The summed E-state index contributed by atoms with van der Waals surface area (Å²) in [7, 11) is 0. The number of aliphatic hydroxyl groups excluding tert-OH is 1. The van der Waals surface area contributed by atoms with Gasteiger partial charge in [0.1, 0.15) is 6.04 Å². The summed E-state index contributed by atoms with van der Waals surface area (Å²) in [5, 5.41) is 16.3. The summed E-state index contributed by atoms with van der Waals surface area (Å²) in [6.07, 6.45) is -0.696. The van der Waals surface area contributed by atoms with Gasteiger partial charge < -0.3 is 16.2 Å². The van der Waals surface area contributed by atoms with E-state index in [1.165, 1.54) is 11.3 Å². The minimum absolute atomic E-state index is 0.163. The third kappa shape index (κ3) is 3.64. The number of hydrogen-bond acceptors (Lipinski definition) is 4. The highest BCUT2D eigenvalue weighted by Gasteiger charge is 2.16. The van der Waals surface area contributed by atoms with Crippen LogP contribution >= 0.6 is 11.3 Å². The van der Waals surface area contributed by atoms with Gasteiger partial charge in [-0.25, -0.2) is 0 Å². The average molecular weight is 276 g/mol. The van der Waals surface area contributed by atoms with Gasteiger partial charge >= 0.3 is 0 Å². The van der Waals surface area contributed by atoms with E-state index in [4.69, 9.17) is 5.73 Å².